The standard InChI is InChI=1S/C18H18ClN3O3S3/c1-3-22(4-2)28(24,25)13-7-5-6-12(10-13)17(23)21-18-20-14(11-26-18)15-8-9-16(19)27-15/h5-11H,3-4H2,1-2H3,(H,20,21,23). The van der Waals surface area contributed by atoms with Gasteiger partial charge in [-0.2, -0.15) is 4.31 Å². The number of carbonyl (C=O) groups is 1. The summed E-state index contributed by atoms with van der Waals surface area (Å²) in [6, 6.07) is 9.68. The zero-order valence-corrected chi connectivity index (χ0v) is 18.4. The van der Waals surface area contributed by atoms with Crippen molar-refractivity contribution in [3.8, 4) is 10.6 Å². The largest absolute Gasteiger partial charge is 0.298 e. The molecule has 0 aliphatic rings. The molecule has 2 heterocycles. The molecule has 6 nitrogen and oxygen atoms in total. The number of nitrogens with one attached hydrogen (secondary N) is 1. The lowest BCUT2D eigenvalue weighted by Crippen LogP contribution is -2.30. The van der Waals surface area contributed by atoms with E-state index in [4.69, 9.17) is 11.6 Å². The van der Waals surface area contributed by atoms with Crippen LogP contribution in [0.5, 0.6) is 0 Å². The topological polar surface area (TPSA) is 79.4 Å². The van der Waals surface area contributed by atoms with Crippen molar-refractivity contribution in [2.45, 2.75) is 18.7 Å². The highest BCUT2D eigenvalue weighted by Crippen LogP contribution is 2.33. The Hall–Kier alpha value is -1.78. The van der Waals surface area contributed by atoms with Gasteiger partial charge in [-0.05, 0) is 30.3 Å². The first-order chi connectivity index (χ1) is 13.3. The molecule has 1 N–H and O–H groups in total. The summed E-state index contributed by atoms with van der Waals surface area (Å²) in [7, 11) is -3.63. The maximum Gasteiger partial charge on any atom is 0.257 e. The number of halogens is 1. The van der Waals surface area contributed by atoms with Gasteiger partial charge >= 0.3 is 0 Å². The van der Waals surface area contributed by atoms with E-state index in [9.17, 15) is 13.2 Å². The van der Waals surface area contributed by atoms with Gasteiger partial charge in [-0.15, -0.1) is 22.7 Å². The van der Waals surface area contributed by atoms with E-state index in [1.54, 1.807) is 32.0 Å². The third-order valence-electron chi connectivity index (χ3n) is 3.99. The average molecular weight is 456 g/mol. The fourth-order valence-electron chi connectivity index (χ4n) is 2.58. The van der Waals surface area contributed by atoms with Crippen LogP contribution in [0.4, 0.5) is 5.13 Å². The molecule has 0 fully saturated rings. The first kappa shape index (κ1) is 20.9. The second-order valence-electron chi connectivity index (χ2n) is 5.71. The molecular weight excluding hydrogens is 438 g/mol. The summed E-state index contributed by atoms with van der Waals surface area (Å²) >= 11 is 8.65. The van der Waals surface area contributed by atoms with Crippen LogP contribution in [0.3, 0.4) is 0 Å². The van der Waals surface area contributed by atoms with Gasteiger partial charge in [0.1, 0.15) is 0 Å². The number of carbonyl (C=O) groups excluding carboxylic acids is 1. The molecule has 2 aromatic heterocycles. The zero-order valence-electron chi connectivity index (χ0n) is 15.2. The number of hydrogen-bond donors (Lipinski definition) is 1. The van der Waals surface area contributed by atoms with E-state index in [0.29, 0.717) is 22.6 Å². The minimum Gasteiger partial charge on any atom is -0.298 e. The van der Waals surface area contributed by atoms with E-state index in [2.05, 4.69) is 10.3 Å². The number of amides is 1. The van der Waals surface area contributed by atoms with E-state index in [1.165, 1.54) is 39.1 Å². The highest BCUT2D eigenvalue weighted by molar-refractivity contribution is 7.89. The lowest BCUT2D eigenvalue weighted by atomic mass is 10.2. The van der Waals surface area contributed by atoms with Gasteiger partial charge in [0.2, 0.25) is 10.0 Å². The van der Waals surface area contributed by atoms with Crippen molar-refractivity contribution < 1.29 is 13.2 Å². The monoisotopic (exact) mass is 455 g/mol. The molecule has 0 aliphatic heterocycles. The molecule has 148 valence electrons. The third-order valence-corrected chi connectivity index (χ3v) is 8.05. The highest BCUT2D eigenvalue weighted by atomic mass is 35.5. The van der Waals surface area contributed by atoms with Crippen LogP contribution in [0.1, 0.15) is 24.2 Å². The van der Waals surface area contributed by atoms with Crippen LogP contribution in [0.25, 0.3) is 10.6 Å². The van der Waals surface area contributed by atoms with Crippen molar-refractivity contribution in [2.24, 2.45) is 0 Å². The lowest BCUT2D eigenvalue weighted by Gasteiger charge is -2.18. The summed E-state index contributed by atoms with van der Waals surface area (Å²) in [5.41, 5.74) is 0.985. The molecule has 0 bridgehead atoms. The predicted octanol–water partition coefficient (Wildman–Crippen LogP) is 4.81. The van der Waals surface area contributed by atoms with Gasteiger partial charge in [-0.3, -0.25) is 10.1 Å². The quantitative estimate of drug-likeness (QED) is 0.554. The number of benzene rings is 1. The number of hydrogen-bond acceptors (Lipinski definition) is 6. The number of sulfonamides is 1. The van der Waals surface area contributed by atoms with E-state index in [0.717, 1.165) is 10.6 Å². The van der Waals surface area contributed by atoms with Gasteiger partial charge in [0.05, 0.1) is 19.8 Å². The summed E-state index contributed by atoms with van der Waals surface area (Å²) < 4.78 is 27.3. The minimum absolute atomic E-state index is 0.0944. The summed E-state index contributed by atoms with van der Waals surface area (Å²) in [5, 5.41) is 4.99. The summed E-state index contributed by atoms with van der Waals surface area (Å²) in [5.74, 6) is -0.415. The normalized spacial score (nSPS) is 11.7. The summed E-state index contributed by atoms with van der Waals surface area (Å²) in [6.45, 7) is 4.28. The molecule has 1 amide bonds. The van der Waals surface area contributed by atoms with E-state index < -0.39 is 15.9 Å². The van der Waals surface area contributed by atoms with Gasteiger partial charge in [0.15, 0.2) is 5.13 Å². The molecule has 10 heteroatoms. The molecule has 0 atom stereocenters. The van der Waals surface area contributed by atoms with Crippen molar-refractivity contribution >= 4 is 55.3 Å². The van der Waals surface area contributed by atoms with Crippen LogP contribution in [0, 0.1) is 0 Å². The highest BCUT2D eigenvalue weighted by Gasteiger charge is 2.22. The Kier molecular flexibility index (Phi) is 6.51. The molecule has 0 spiro atoms. The van der Waals surface area contributed by atoms with Crippen LogP contribution in [-0.2, 0) is 10.0 Å². The fraction of sp³-hybridized carbons (Fsp3) is 0.222. The van der Waals surface area contributed by atoms with E-state index in [1.807, 2.05) is 11.4 Å². The lowest BCUT2D eigenvalue weighted by molar-refractivity contribution is 0.102. The SMILES string of the molecule is CCN(CC)S(=O)(=O)c1cccc(C(=O)Nc2nc(-c3ccc(Cl)s3)cs2)c1. The molecule has 3 aromatic rings. The Morgan fingerprint density at radius 2 is 1.96 bits per heavy atom. The van der Waals surface area contributed by atoms with Crippen molar-refractivity contribution in [2.75, 3.05) is 18.4 Å². The van der Waals surface area contributed by atoms with Gasteiger partial charge in [-0.25, -0.2) is 13.4 Å². The predicted molar refractivity (Wildman–Crippen MR) is 115 cm³/mol. The molecule has 0 radical (unpaired) electrons. The number of rotatable bonds is 7. The number of anilines is 1. The van der Waals surface area contributed by atoms with Crippen LogP contribution < -0.4 is 5.32 Å². The summed E-state index contributed by atoms with van der Waals surface area (Å²) in [4.78, 5) is 18.0. The number of thiazole rings is 1. The Morgan fingerprint density at radius 1 is 1.21 bits per heavy atom. The summed E-state index contributed by atoms with van der Waals surface area (Å²) in [6.07, 6.45) is 0. The molecule has 0 saturated heterocycles. The van der Waals surface area contributed by atoms with E-state index >= 15 is 0 Å². The van der Waals surface area contributed by atoms with Crippen molar-refractivity contribution in [1.29, 1.82) is 0 Å². The second-order valence-corrected chi connectivity index (χ2v) is 10.2. The van der Waals surface area contributed by atoms with Crippen LogP contribution in [0.15, 0.2) is 46.7 Å². The van der Waals surface area contributed by atoms with Gasteiger partial charge in [0.25, 0.3) is 5.91 Å². The Morgan fingerprint density at radius 3 is 2.61 bits per heavy atom. The molecule has 28 heavy (non-hydrogen) atoms. The van der Waals surface area contributed by atoms with Crippen LogP contribution in [-0.4, -0.2) is 36.7 Å². The Balaban J connectivity index is 1.80. The van der Waals surface area contributed by atoms with Gasteiger partial charge < -0.3 is 0 Å². The van der Waals surface area contributed by atoms with Crippen molar-refractivity contribution in [3.05, 3.63) is 51.7 Å². The number of aromatic nitrogens is 1. The van der Waals surface area contributed by atoms with Gasteiger partial charge in [0, 0.05) is 24.0 Å². The maximum absolute atomic E-state index is 12.7. The first-order valence-electron chi connectivity index (χ1n) is 8.48. The second kappa shape index (κ2) is 8.71. The van der Waals surface area contributed by atoms with Crippen LogP contribution >= 0.6 is 34.3 Å². The molecule has 1 aromatic carbocycles. The average Bonchev–Trinajstić information content (AvgIpc) is 3.31. The third kappa shape index (κ3) is 4.44. The molecule has 0 saturated carbocycles. The minimum atomic E-state index is -3.63. The zero-order chi connectivity index (χ0) is 20.3. The van der Waals surface area contributed by atoms with E-state index in [-0.39, 0.29) is 10.5 Å². The first-order valence-corrected chi connectivity index (χ1v) is 12.0. The molecule has 0 unspecified atom stereocenters. The smallest absolute Gasteiger partial charge is 0.257 e. The molecule has 3 rings (SSSR count). The number of thiophene rings is 1. The number of nitrogens with zero attached hydrogens (tertiary/aromatic N) is 2. The maximum atomic E-state index is 12.7. The van der Waals surface area contributed by atoms with Crippen molar-refractivity contribution in [1.82, 2.24) is 9.29 Å². The van der Waals surface area contributed by atoms with Crippen LogP contribution in [0.2, 0.25) is 4.34 Å². The molecule has 0 aliphatic carbocycles. The Bertz CT molecular complexity index is 1090. The molecular formula is C18H18ClN3O3S3. The van der Waals surface area contributed by atoms with Crippen molar-refractivity contribution in [3.63, 3.8) is 0 Å². The fourth-order valence-corrected chi connectivity index (χ4v) is 5.86. The Labute approximate surface area is 176 Å². The van der Waals surface area contributed by atoms with Gasteiger partial charge in [-0.1, -0.05) is 31.5 Å².